The van der Waals surface area contributed by atoms with Crippen molar-refractivity contribution in [2.45, 2.75) is 31.7 Å². The first kappa shape index (κ1) is 17.6. The number of nitrogens with zero attached hydrogens (tertiary/aromatic N) is 1. The average molecular weight is 348 g/mol. The molecule has 1 aliphatic heterocycles. The Morgan fingerprint density at radius 3 is 2.52 bits per heavy atom. The number of benzene rings is 1. The minimum Gasteiger partial charge on any atom is -0.381 e. The second-order valence-corrected chi connectivity index (χ2v) is 6.45. The van der Waals surface area contributed by atoms with Gasteiger partial charge in [0, 0.05) is 30.9 Å². The molecular weight excluding hydrogens is 326 g/mol. The molecule has 0 atom stereocenters. The van der Waals surface area contributed by atoms with Gasteiger partial charge in [0.25, 0.3) is 5.91 Å². The second kappa shape index (κ2) is 7.35. The Labute approximate surface area is 145 Å². The summed E-state index contributed by atoms with van der Waals surface area (Å²) in [4.78, 5) is 12.5. The van der Waals surface area contributed by atoms with E-state index in [1.54, 1.807) is 6.92 Å². The Bertz CT molecular complexity index is 722. The Morgan fingerprint density at radius 2 is 1.88 bits per heavy atom. The van der Waals surface area contributed by atoms with Crippen molar-refractivity contribution in [1.29, 1.82) is 0 Å². The molecule has 3 rings (SSSR count). The number of ether oxygens (including phenoxy) is 1. The highest BCUT2D eigenvalue weighted by molar-refractivity contribution is 5.93. The molecule has 0 saturated carbocycles. The van der Waals surface area contributed by atoms with E-state index in [1.165, 1.54) is 12.1 Å². The molecule has 4 nitrogen and oxygen atoms in total. The lowest BCUT2D eigenvalue weighted by Gasteiger charge is -2.38. The molecule has 1 N–H and O–H groups in total. The molecule has 25 heavy (non-hydrogen) atoms. The lowest BCUT2D eigenvalue weighted by Crippen LogP contribution is -2.45. The molecule has 1 amide bonds. The van der Waals surface area contributed by atoms with E-state index in [4.69, 9.17) is 4.74 Å². The van der Waals surface area contributed by atoms with Gasteiger partial charge in [0.05, 0.1) is 0 Å². The van der Waals surface area contributed by atoms with Crippen LogP contribution in [0.5, 0.6) is 0 Å². The van der Waals surface area contributed by atoms with E-state index >= 15 is 0 Å². The fourth-order valence-electron chi connectivity index (χ4n) is 3.46. The van der Waals surface area contributed by atoms with Crippen LogP contribution in [0.2, 0.25) is 0 Å². The van der Waals surface area contributed by atoms with Crippen molar-refractivity contribution in [3.05, 3.63) is 59.4 Å². The van der Waals surface area contributed by atoms with Crippen LogP contribution in [0.4, 0.5) is 8.78 Å². The van der Waals surface area contributed by atoms with Gasteiger partial charge in [0.1, 0.15) is 5.69 Å². The Balaban J connectivity index is 1.79. The molecular formula is C19H22F2N2O2. The van der Waals surface area contributed by atoms with Crippen LogP contribution in [0.25, 0.3) is 0 Å². The zero-order valence-corrected chi connectivity index (χ0v) is 14.2. The van der Waals surface area contributed by atoms with E-state index in [0.717, 1.165) is 23.0 Å². The third kappa shape index (κ3) is 3.58. The molecule has 2 heterocycles. The molecule has 1 aromatic carbocycles. The van der Waals surface area contributed by atoms with Crippen molar-refractivity contribution in [3.8, 4) is 0 Å². The smallest absolute Gasteiger partial charge is 0.319 e. The van der Waals surface area contributed by atoms with Crippen LogP contribution in [0.1, 0.15) is 41.1 Å². The summed E-state index contributed by atoms with van der Waals surface area (Å²) >= 11 is 0. The maximum atomic E-state index is 13.2. The molecule has 0 aliphatic carbocycles. The Morgan fingerprint density at radius 1 is 1.20 bits per heavy atom. The zero-order valence-electron chi connectivity index (χ0n) is 14.2. The fraction of sp³-hybridized carbons (Fsp3) is 0.421. The molecule has 0 spiro atoms. The lowest BCUT2D eigenvalue weighted by molar-refractivity contribution is 0.0475. The predicted molar refractivity (Wildman–Crippen MR) is 90.9 cm³/mol. The molecule has 1 saturated heterocycles. The molecule has 1 fully saturated rings. The van der Waals surface area contributed by atoms with Crippen LogP contribution >= 0.6 is 0 Å². The number of hydrogen-bond acceptors (Lipinski definition) is 2. The quantitative estimate of drug-likeness (QED) is 0.896. The first-order valence-corrected chi connectivity index (χ1v) is 8.41. The average Bonchev–Trinajstić information content (AvgIpc) is 3.03. The maximum absolute atomic E-state index is 13.2. The Hall–Kier alpha value is -2.21. The summed E-state index contributed by atoms with van der Waals surface area (Å²) in [6, 6.07) is 13.0. The van der Waals surface area contributed by atoms with Crippen molar-refractivity contribution in [3.63, 3.8) is 0 Å². The SMILES string of the molecule is Cc1ccc(C(=O)NCC2(c3ccccc3)CCOCC2)n1C(F)F. The van der Waals surface area contributed by atoms with Crippen LogP contribution in [-0.2, 0) is 10.2 Å². The van der Waals surface area contributed by atoms with Gasteiger partial charge in [-0.25, -0.2) is 0 Å². The third-order valence-corrected chi connectivity index (χ3v) is 4.97. The number of halogens is 2. The molecule has 0 unspecified atom stereocenters. The highest BCUT2D eigenvalue weighted by atomic mass is 19.3. The summed E-state index contributed by atoms with van der Waals surface area (Å²) in [6.45, 7) is 0.468. The fourth-order valence-corrected chi connectivity index (χ4v) is 3.46. The van der Waals surface area contributed by atoms with Gasteiger partial charge < -0.3 is 10.1 Å². The van der Waals surface area contributed by atoms with Gasteiger partial charge in [-0.05, 0) is 37.5 Å². The van der Waals surface area contributed by atoms with E-state index in [1.807, 2.05) is 30.3 Å². The molecule has 2 aromatic rings. The first-order chi connectivity index (χ1) is 12.0. The largest absolute Gasteiger partial charge is 0.381 e. The summed E-state index contributed by atoms with van der Waals surface area (Å²) in [7, 11) is 0. The van der Waals surface area contributed by atoms with Crippen LogP contribution in [0.15, 0.2) is 42.5 Å². The van der Waals surface area contributed by atoms with Crippen molar-refractivity contribution in [1.82, 2.24) is 9.88 Å². The zero-order chi connectivity index (χ0) is 17.9. The number of aromatic nitrogens is 1. The van der Waals surface area contributed by atoms with Gasteiger partial charge in [-0.2, -0.15) is 8.78 Å². The van der Waals surface area contributed by atoms with Crippen molar-refractivity contribution < 1.29 is 18.3 Å². The number of aryl methyl sites for hydroxylation is 1. The van der Waals surface area contributed by atoms with Crippen LogP contribution < -0.4 is 5.32 Å². The molecule has 6 heteroatoms. The van der Waals surface area contributed by atoms with Crippen molar-refractivity contribution >= 4 is 5.91 Å². The van der Waals surface area contributed by atoms with E-state index in [0.29, 0.717) is 25.5 Å². The van der Waals surface area contributed by atoms with E-state index < -0.39 is 12.5 Å². The molecule has 134 valence electrons. The van der Waals surface area contributed by atoms with E-state index in [9.17, 15) is 13.6 Å². The van der Waals surface area contributed by atoms with E-state index in [-0.39, 0.29) is 11.1 Å². The normalized spacial score (nSPS) is 16.8. The number of nitrogens with one attached hydrogen (secondary N) is 1. The Kier molecular flexibility index (Phi) is 5.18. The van der Waals surface area contributed by atoms with Crippen molar-refractivity contribution in [2.24, 2.45) is 0 Å². The van der Waals surface area contributed by atoms with Crippen molar-refractivity contribution in [2.75, 3.05) is 19.8 Å². The predicted octanol–water partition coefficient (Wildman–Crippen LogP) is 3.67. The number of alkyl halides is 2. The number of amides is 1. The second-order valence-electron chi connectivity index (χ2n) is 6.45. The highest BCUT2D eigenvalue weighted by Crippen LogP contribution is 2.34. The van der Waals surface area contributed by atoms with Crippen LogP contribution in [0, 0.1) is 6.92 Å². The minimum absolute atomic E-state index is 0.0113. The van der Waals surface area contributed by atoms with Crippen LogP contribution in [0.3, 0.4) is 0 Å². The van der Waals surface area contributed by atoms with Crippen LogP contribution in [-0.4, -0.2) is 30.2 Å². The molecule has 1 aromatic heterocycles. The summed E-state index contributed by atoms with van der Waals surface area (Å²) in [5.74, 6) is -0.477. The maximum Gasteiger partial charge on any atom is 0.319 e. The van der Waals surface area contributed by atoms with E-state index in [2.05, 4.69) is 5.32 Å². The monoisotopic (exact) mass is 348 g/mol. The topological polar surface area (TPSA) is 43.3 Å². The van der Waals surface area contributed by atoms with Gasteiger partial charge >= 0.3 is 6.55 Å². The van der Waals surface area contributed by atoms with Gasteiger partial charge in [-0.1, -0.05) is 30.3 Å². The van der Waals surface area contributed by atoms with Gasteiger partial charge in [0.2, 0.25) is 0 Å². The van der Waals surface area contributed by atoms with Gasteiger partial charge in [0.15, 0.2) is 0 Å². The standard InChI is InChI=1S/C19H22F2N2O2/c1-14-7-8-16(23(14)18(20)21)17(24)22-13-19(9-11-25-12-10-19)15-5-3-2-4-6-15/h2-8,18H,9-13H2,1H3,(H,22,24). The highest BCUT2D eigenvalue weighted by Gasteiger charge is 2.35. The number of carbonyl (C=O) groups excluding carboxylic acids is 1. The molecule has 1 aliphatic rings. The third-order valence-electron chi connectivity index (χ3n) is 4.97. The molecule has 0 radical (unpaired) electrons. The summed E-state index contributed by atoms with van der Waals surface area (Å²) in [5, 5.41) is 2.87. The van der Waals surface area contributed by atoms with Gasteiger partial charge in [-0.15, -0.1) is 0 Å². The number of hydrogen-bond donors (Lipinski definition) is 1. The first-order valence-electron chi connectivity index (χ1n) is 8.41. The number of rotatable bonds is 5. The summed E-state index contributed by atoms with van der Waals surface area (Å²) in [5.41, 5.74) is 1.26. The molecule has 0 bridgehead atoms. The lowest BCUT2D eigenvalue weighted by atomic mass is 9.74. The van der Waals surface area contributed by atoms with Gasteiger partial charge in [-0.3, -0.25) is 9.36 Å². The summed E-state index contributed by atoms with van der Waals surface area (Å²) < 4.78 is 32.6. The minimum atomic E-state index is -2.73. The number of carbonyl (C=O) groups is 1. The summed E-state index contributed by atoms with van der Waals surface area (Å²) in [6.07, 6.45) is 1.57.